The van der Waals surface area contributed by atoms with Gasteiger partial charge in [-0.05, 0) is 24.5 Å². The molecule has 0 atom stereocenters. The Morgan fingerprint density at radius 2 is 1.84 bits per heavy atom. The van der Waals surface area contributed by atoms with Gasteiger partial charge in [-0.15, -0.1) is 0 Å². The highest BCUT2D eigenvalue weighted by Crippen LogP contribution is 2.07. The topological polar surface area (TPSA) is 45.7 Å². The Morgan fingerprint density at radius 3 is 2.47 bits per heavy atom. The number of hydrogen-bond acceptors (Lipinski definition) is 2. The third kappa shape index (κ3) is 7.34. The van der Waals surface area contributed by atoms with Gasteiger partial charge >= 0.3 is 0 Å². The Kier molecular flexibility index (Phi) is 7.47. The fourth-order valence-electron chi connectivity index (χ4n) is 1.55. The van der Waals surface area contributed by atoms with Crippen LogP contribution < -0.4 is 15.4 Å². The van der Waals surface area contributed by atoms with Crippen molar-refractivity contribution < 1.29 is 4.74 Å². The van der Waals surface area contributed by atoms with Gasteiger partial charge in [-0.3, -0.25) is 4.99 Å². The first-order valence-corrected chi connectivity index (χ1v) is 6.84. The normalized spacial score (nSPS) is 11.5. The Hall–Kier alpha value is -1.71. The number of rotatable bonds is 7. The lowest BCUT2D eigenvalue weighted by molar-refractivity contribution is 0.322. The van der Waals surface area contributed by atoms with Gasteiger partial charge in [-0.25, -0.2) is 0 Å². The van der Waals surface area contributed by atoms with Crippen LogP contribution in [0, 0.1) is 5.92 Å². The molecule has 4 heteroatoms. The summed E-state index contributed by atoms with van der Waals surface area (Å²) >= 11 is 0. The maximum absolute atomic E-state index is 5.60. The lowest BCUT2D eigenvalue weighted by atomic mass is 10.1. The number of para-hydroxylation sites is 1. The van der Waals surface area contributed by atoms with Crippen LogP contribution in [0.1, 0.15) is 20.3 Å². The fraction of sp³-hybridized carbons (Fsp3) is 0.533. The lowest BCUT2D eigenvalue weighted by Crippen LogP contribution is -2.39. The van der Waals surface area contributed by atoms with E-state index < -0.39 is 0 Å². The molecule has 0 saturated heterocycles. The number of benzene rings is 1. The van der Waals surface area contributed by atoms with Crippen molar-refractivity contribution >= 4 is 5.96 Å². The molecule has 2 N–H and O–H groups in total. The van der Waals surface area contributed by atoms with Crippen molar-refractivity contribution in [2.75, 3.05) is 26.7 Å². The molecule has 4 nitrogen and oxygen atoms in total. The number of hydrogen-bond donors (Lipinski definition) is 2. The number of nitrogens with zero attached hydrogens (tertiary/aromatic N) is 1. The van der Waals surface area contributed by atoms with E-state index in [2.05, 4.69) is 29.5 Å². The highest BCUT2D eigenvalue weighted by atomic mass is 16.5. The van der Waals surface area contributed by atoms with Crippen molar-refractivity contribution in [2.24, 2.45) is 10.9 Å². The molecule has 0 heterocycles. The van der Waals surface area contributed by atoms with Crippen LogP contribution in [0.15, 0.2) is 35.3 Å². The van der Waals surface area contributed by atoms with Gasteiger partial charge in [0.2, 0.25) is 0 Å². The summed E-state index contributed by atoms with van der Waals surface area (Å²) in [7, 11) is 1.78. The van der Waals surface area contributed by atoms with Gasteiger partial charge in [0.25, 0.3) is 0 Å². The van der Waals surface area contributed by atoms with Crippen molar-refractivity contribution in [1.82, 2.24) is 10.6 Å². The highest BCUT2D eigenvalue weighted by Gasteiger charge is 1.98. The van der Waals surface area contributed by atoms with Gasteiger partial charge in [0.05, 0.1) is 6.54 Å². The minimum atomic E-state index is 0.620. The zero-order chi connectivity index (χ0) is 13.9. The van der Waals surface area contributed by atoms with Crippen molar-refractivity contribution in [1.29, 1.82) is 0 Å². The molecule has 0 radical (unpaired) electrons. The Balaban J connectivity index is 2.13. The SMILES string of the molecule is CN=C(NCCOc1ccccc1)NCCC(C)C. The van der Waals surface area contributed by atoms with E-state index in [0.29, 0.717) is 12.5 Å². The van der Waals surface area contributed by atoms with E-state index in [1.54, 1.807) is 7.05 Å². The lowest BCUT2D eigenvalue weighted by Gasteiger charge is -2.13. The number of nitrogens with one attached hydrogen (secondary N) is 2. The van der Waals surface area contributed by atoms with Gasteiger partial charge < -0.3 is 15.4 Å². The minimum Gasteiger partial charge on any atom is -0.492 e. The summed E-state index contributed by atoms with van der Waals surface area (Å²) < 4.78 is 5.60. The van der Waals surface area contributed by atoms with Crippen LogP contribution in [0.25, 0.3) is 0 Å². The first-order chi connectivity index (χ1) is 9.22. The quantitative estimate of drug-likeness (QED) is 0.451. The molecule has 0 aromatic heterocycles. The van der Waals surface area contributed by atoms with Crippen LogP contribution in [-0.4, -0.2) is 32.7 Å². The van der Waals surface area contributed by atoms with Crippen LogP contribution in [-0.2, 0) is 0 Å². The second-order valence-corrected chi connectivity index (χ2v) is 4.77. The summed E-state index contributed by atoms with van der Waals surface area (Å²) in [5, 5.41) is 6.51. The van der Waals surface area contributed by atoms with E-state index in [1.165, 1.54) is 0 Å². The molecule has 19 heavy (non-hydrogen) atoms. The average Bonchev–Trinajstić information content (AvgIpc) is 2.42. The number of ether oxygens (including phenoxy) is 1. The monoisotopic (exact) mass is 263 g/mol. The fourth-order valence-corrected chi connectivity index (χ4v) is 1.55. The van der Waals surface area contributed by atoms with Gasteiger partial charge in [0.15, 0.2) is 5.96 Å². The highest BCUT2D eigenvalue weighted by molar-refractivity contribution is 5.79. The first-order valence-electron chi connectivity index (χ1n) is 6.84. The van der Waals surface area contributed by atoms with E-state index in [0.717, 1.165) is 31.2 Å². The predicted octanol–water partition coefficient (Wildman–Crippen LogP) is 2.28. The second-order valence-electron chi connectivity index (χ2n) is 4.77. The van der Waals surface area contributed by atoms with Crippen molar-refractivity contribution in [3.05, 3.63) is 30.3 Å². The molecule has 106 valence electrons. The Morgan fingerprint density at radius 1 is 1.16 bits per heavy atom. The third-order valence-corrected chi connectivity index (χ3v) is 2.64. The molecule has 0 unspecified atom stereocenters. The molecule has 0 amide bonds. The summed E-state index contributed by atoms with van der Waals surface area (Å²) in [5.41, 5.74) is 0. The first kappa shape index (κ1) is 15.3. The van der Waals surface area contributed by atoms with Crippen molar-refractivity contribution in [3.63, 3.8) is 0 Å². The van der Waals surface area contributed by atoms with Crippen LogP contribution in [0.3, 0.4) is 0 Å². The molecule has 1 aromatic carbocycles. The van der Waals surface area contributed by atoms with E-state index in [1.807, 2.05) is 30.3 Å². The van der Waals surface area contributed by atoms with Crippen molar-refractivity contribution in [3.8, 4) is 5.75 Å². The second kappa shape index (κ2) is 9.25. The van der Waals surface area contributed by atoms with E-state index in [4.69, 9.17) is 4.74 Å². The molecular weight excluding hydrogens is 238 g/mol. The van der Waals surface area contributed by atoms with E-state index in [9.17, 15) is 0 Å². The minimum absolute atomic E-state index is 0.620. The summed E-state index contributed by atoms with van der Waals surface area (Å²) in [4.78, 5) is 4.17. The van der Waals surface area contributed by atoms with Gasteiger partial charge in [-0.2, -0.15) is 0 Å². The number of aliphatic imine (C=N–C) groups is 1. The summed E-state index contributed by atoms with van der Waals surface area (Å²) in [6.07, 6.45) is 1.14. The van der Waals surface area contributed by atoms with Gasteiger partial charge in [0.1, 0.15) is 12.4 Å². The molecule has 1 rings (SSSR count). The van der Waals surface area contributed by atoms with Crippen LogP contribution in [0.5, 0.6) is 5.75 Å². The summed E-state index contributed by atoms with van der Waals surface area (Å²) in [5.74, 6) is 2.43. The maximum atomic E-state index is 5.60. The molecule has 0 aliphatic heterocycles. The standard InChI is InChI=1S/C15H25N3O/c1-13(2)9-10-17-15(16-3)18-11-12-19-14-7-5-4-6-8-14/h4-8,13H,9-12H2,1-3H3,(H2,16,17,18). The van der Waals surface area contributed by atoms with E-state index in [-0.39, 0.29) is 0 Å². The van der Waals surface area contributed by atoms with Crippen LogP contribution in [0.4, 0.5) is 0 Å². The predicted molar refractivity (Wildman–Crippen MR) is 80.8 cm³/mol. The average molecular weight is 263 g/mol. The Bertz CT molecular complexity index is 363. The smallest absolute Gasteiger partial charge is 0.191 e. The van der Waals surface area contributed by atoms with E-state index >= 15 is 0 Å². The van der Waals surface area contributed by atoms with Gasteiger partial charge in [-0.1, -0.05) is 32.0 Å². The molecule has 1 aromatic rings. The molecule has 0 saturated carbocycles. The van der Waals surface area contributed by atoms with Crippen LogP contribution in [0.2, 0.25) is 0 Å². The molecule has 0 spiro atoms. The molecule has 0 fully saturated rings. The molecule has 0 aliphatic rings. The zero-order valence-corrected chi connectivity index (χ0v) is 12.1. The molecular formula is C15H25N3O. The Labute approximate surface area is 116 Å². The third-order valence-electron chi connectivity index (χ3n) is 2.64. The molecule has 0 aliphatic carbocycles. The number of guanidine groups is 1. The zero-order valence-electron chi connectivity index (χ0n) is 12.1. The summed E-state index contributed by atoms with van der Waals surface area (Å²) in [6, 6.07) is 9.82. The largest absolute Gasteiger partial charge is 0.492 e. The van der Waals surface area contributed by atoms with Crippen LogP contribution >= 0.6 is 0 Å². The maximum Gasteiger partial charge on any atom is 0.191 e. The summed E-state index contributed by atoms with van der Waals surface area (Å²) in [6.45, 7) is 6.72. The van der Waals surface area contributed by atoms with Gasteiger partial charge in [0, 0.05) is 13.6 Å². The van der Waals surface area contributed by atoms with Crippen molar-refractivity contribution in [2.45, 2.75) is 20.3 Å². The molecule has 0 bridgehead atoms.